The summed E-state index contributed by atoms with van der Waals surface area (Å²) in [4.78, 5) is 29.4. The minimum Gasteiger partial charge on any atom is -0.455 e. The number of Topliss-reactive ketones (excluding diaryl/α,β-unsaturated/α-hetero) is 1. The molecular weight excluding hydrogens is 388 g/mol. The molecule has 8 nitrogen and oxygen atoms in total. The first-order chi connectivity index (χ1) is 14.4. The van der Waals surface area contributed by atoms with Crippen molar-refractivity contribution in [3.05, 3.63) is 46.8 Å². The Morgan fingerprint density at radius 1 is 1.13 bits per heavy atom. The number of carbonyl (C=O) groups is 2. The molecule has 0 radical (unpaired) electrons. The number of aromatic nitrogens is 1. The van der Waals surface area contributed by atoms with Gasteiger partial charge >= 0.3 is 5.97 Å². The maximum atomic E-state index is 12.4. The minimum atomic E-state index is -0.659. The number of hydrogen-bond donors (Lipinski definition) is 0. The van der Waals surface area contributed by atoms with Gasteiger partial charge in [-0.15, -0.1) is 0 Å². The number of fused-ring (bicyclic) bond motifs is 1. The van der Waals surface area contributed by atoms with E-state index in [2.05, 4.69) is 16.6 Å². The third-order valence-corrected chi connectivity index (χ3v) is 4.86. The largest absolute Gasteiger partial charge is 0.455 e. The lowest BCUT2D eigenvalue weighted by Gasteiger charge is -2.08. The molecule has 0 amide bonds. The third kappa shape index (κ3) is 4.82. The van der Waals surface area contributed by atoms with E-state index in [0.29, 0.717) is 22.8 Å². The monoisotopic (exact) mass is 414 g/mol. The van der Waals surface area contributed by atoms with Crippen LogP contribution in [0.4, 0.5) is 0 Å². The van der Waals surface area contributed by atoms with Crippen LogP contribution in [-0.2, 0) is 20.9 Å². The summed E-state index contributed by atoms with van der Waals surface area (Å²) in [5, 5.41) is 3.93. The molecule has 0 atom stereocenters. The number of ketones is 1. The summed E-state index contributed by atoms with van der Waals surface area (Å²) in [6, 6.07) is 7.23. The summed E-state index contributed by atoms with van der Waals surface area (Å²) >= 11 is 0. The summed E-state index contributed by atoms with van der Waals surface area (Å²) < 4.78 is 17.7. The Kier molecular flexibility index (Phi) is 6.76. The average molecular weight is 414 g/mol. The zero-order chi connectivity index (χ0) is 21.7. The molecule has 1 aliphatic rings. The lowest BCUT2D eigenvalue weighted by atomic mass is 10.1. The van der Waals surface area contributed by atoms with Crippen LogP contribution >= 0.6 is 0 Å². The second kappa shape index (κ2) is 9.47. The fourth-order valence-electron chi connectivity index (χ4n) is 3.27. The van der Waals surface area contributed by atoms with Crippen LogP contribution in [0.15, 0.2) is 29.4 Å². The molecular formula is C22H26N2O6. The summed E-state index contributed by atoms with van der Waals surface area (Å²) in [6.45, 7) is 8.01. The van der Waals surface area contributed by atoms with E-state index < -0.39 is 5.97 Å². The van der Waals surface area contributed by atoms with Gasteiger partial charge < -0.3 is 23.6 Å². The summed E-state index contributed by atoms with van der Waals surface area (Å²) in [5.41, 5.74) is 3.83. The van der Waals surface area contributed by atoms with Gasteiger partial charge in [0.1, 0.15) is 0 Å². The fraction of sp³-hybridized carbons (Fsp3) is 0.409. The Bertz CT molecular complexity index is 976. The lowest BCUT2D eigenvalue weighted by Crippen LogP contribution is -2.18. The highest BCUT2D eigenvalue weighted by Crippen LogP contribution is 2.32. The molecule has 0 bridgehead atoms. The Morgan fingerprint density at radius 2 is 1.90 bits per heavy atom. The van der Waals surface area contributed by atoms with Gasteiger partial charge in [-0.1, -0.05) is 12.1 Å². The number of hydrogen-bond acceptors (Lipinski definition) is 7. The predicted octanol–water partition coefficient (Wildman–Crippen LogP) is 3.41. The number of benzene rings is 1. The molecule has 0 saturated carbocycles. The third-order valence-electron chi connectivity index (χ3n) is 4.86. The first-order valence-corrected chi connectivity index (χ1v) is 9.82. The average Bonchev–Trinajstić information content (AvgIpc) is 3.31. The Labute approximate surface area is 175 Å². The van der Waals surface area contributed by atoms with Gasteiger partial charge in [-0.2, -0.15) is 0 Å². The van der Waals surface area contributed by atoms with Crippen LogP contribution in [-0.4, -0.2) is 42.0 Å². The molecule has 1 aromatic carbocycles. The topological polar surface area (TPSA) is 88.4 Å². The van der Waals surface area contributed by atoms with Gasteiger partial charge in [0.2, 0.25) is 19.2 Å². The molecule has 8 heteroatoms. The van der Waals surface area contributed by atoms with Crippen molar-refractivity contribution in [1.29, 1.82) is 0 Å². The molecule has 30 heavy (non-hydrogen) atoms. The van der Waals surface area contributed by atoms with Crippen molar-refractivity contribution in [2.45, 2.75) is 40.7 Å². The van der Waals surface area contributed by atoms with Crippen LogP contribution in [0.5, 0.6) is 11.5 Å². The van der Waals surface area contributed by atoms with Crippen molar-refractivity contribution in [2.75, 3.05) is 20.0 Å². The van der Waals surface area contributed by atoms with Gasteiger partial charge in [-0.05, 0) is 51.5 Å². The first-order valence-electron chi connectivity index (χ1n) is 9.82. The molecule has 0 unspecified atom stereocenters. The highest BCUT2D eigenvalue weighted by molar-refractivity contribution is 5.99. The van der Waals surface area contributed by atoms with Crippen LogP contribution in [0.1, 0.15) is 47.6 Å². The van der Waals surface area contributed by atoms with Crippen molar-refractivity contribution < 1.29 is 28.6 Å². The number of rotatable bonds is 9. The fourth-order valence-corrected chi connectivity index (χ4v) is 3.27. The quantitative estimate of drug-likeness (QED) is 0.270. The number of aryl methyl sites for hydroxylation is 1. The van der Waals surface area contributed by atoms with Gasteiger partial charge in [0, 0.05) is 29.1 Å². The smallest absolute Gasteiger partial charge is 0.347 e. The predicted molar refractivity (Wildman–Crippen MR) is 110 cm³/mol. The molecule has 0 fully saturated rings. The zero-order valence-electron chi connectivity index (χ0n) is 17.7. The molecule has 3 rings (SSSR count). The number of oxime groups is 1. The van der Waals surface area contributed by atoms with E-state index in [9.17, 15) is 9.59 Å². The molecule has 0 spiro atoms. The molecule has 160 valence electrons. The number of carbonyl (C=O) groups excluding carboxylic acids is 2. The van der Waals surface area contributed by atoms with Gasteiger partial charge in [0.15, 0.2) is 18.1 Å². The molecule has 0 saturated heterocycles. The number of nitrogens with zero attached hydrogens (tertiary/aromatic N) is 2. The van der Waals surface area contributed by atoms with Gasteiger partial charge in [0.05, 0.1) is 5.71 Å². The standard InChI is InChI=1S/C22H26N2O6/c1-5-8-24-14(2)9-18(16(24)4)19(25)11-27-22(26)12-30-23-15(3)17-6-7-20-21(10-17)29-13-28-20/h6-7,9-10H,5,8,11-13H2,1-4H3/b23-15-. The highest BCUT2D eigenvalue weighted by Gasteiger charge is 2.17. The van der Waals surface area contributed by atoms with Crippen LogP contribution < -0.4 is 9.47 Å². The summed E-state index contributed by atoms with van der Waals surface area (Å²) in [7, 11) is 0. The second-order valence-electron chi connectivity index (χ2n) is 7.04. The maximum Gasteiger partial charge on any atom is 0.347 e. The van der Waals surface area contributed by atoms with E-state index in [1.165, 1.54) is 0 Å². The molecule has 2 heterocycles. The summed E-state index contributed by atoms with van der Waals surface area (Å²) in [6.07, 6.45) is 0.975. The lowest BCUT2D eigenvalue weighted by molar-refractivity contribution is -0.147. The van der Waals surface area contributed by atoms with E-state index in [1.807, 2.05) is 26.0 Å². The number of ether oxygens (including phenoxy) is 3. The van der Waals surface area contributed by atoms with Gasteiger partial charge in [-0.3, -0.25) is 4.79 Å². The van der Waals surface area contributed by atoms with Crippen molar-refractivity contribution >= 4 is 17.5 Å². The highest BCUT2D eigenvalue weighted by atomic mass is 16.7. The van der Waals surface area contributed by atoms with Crippen LogP contribution in [0.25, 0.3) is 0 Å². The Hall–Kier alpha value is -3.29. The van der Waals surface area contributed by atoms with Gasteiger partial charge in [-0.25, -0.2) is 4.79 Å². The van der Waals surface area contributed by atoms with E-state index >= 15 is 0 Å². The van der Waals surface area contributed by atoms with E-state index in [1.54, 1.807) is 19.1 Å². The van der Waals surface area contributed by atoms with Crippen LogP contribution in [0.3, 0.4) is 0 Å². The molecule has 0 aliphatic carbocycles. The molecule has 0 N–H and O–H groups in total. The molecule has 1 aliphatic heterocycles. The van der Waals surface area contributed by atoms with Crippen LogP contribution in [0.2, 0.25) is 0 Å². The Morgan fingerprint density at radius 3 is 2.67 bits per heavy atom. The van der Waals surface area contributed by atoms with E-state index in [-0.39, 0.29) is 25.8 Å². The summed E-state index contributed by atoms with van der Waals surface area (Å²) in [5.74, 6) is 0.418. The van der Waals surface area contributed by atoms with Crippen molar-refractivity contribution in [2.24, 2.45) is 5.16 Å². The normalized spacial score (nSPS) is 12.7. The van der Waals surface area contributed by atoms with Crippen molar-refractivity contribution in [3.63, 3.8) is 0 Å². The van der Waals surface area contributed by atoms with Crippen LogP contribution in [0, 0.1) is 13.8 Å². The van der Waals surface area contributed by atoms with Crippen molar-refractivity contribution in [3.8, 4) is 11.5 Å². The van der Waals surface area contributed by atoms with E-state index in [0.717, 1.165) is 29.9 Å². The maximum absolute atomic E-state index is 12.4. The first kappa shape index (κ1) is 21.4. The molecule has 2 aromatic rings. The van der Waals surface area contributed by atoms with Crippen molar-refractivity contribution in [1.82, 2.24) is 4.57 Å². The minimum absolute atomic E-state index is 0.193. The Balaban J connectivity index is 1.48. The second-order valence-corrected chi connectivity index (χ2v) is 7.04. The SMILES string of the molecule is CCCn1c(C)cc(C(=O)COC(=O)CO/N=C(/C)c2ccc3c(c2)OCO3)c1C. The zero-order valence-corrected chi connectivity index (χ0v) is 17.7. The van der Waals surface area contributed by atoms with Gasteiger partial charge in [0.25, 0.3) is 0 Å². The van der Waals surface area contributed by atoms with E-state index in [4.69, 9.17) is 19.0 Å². The number of esters is 1. The molecule has 1 aromatic heterocycles.